The summed E-state index contributed by atoms with van der Waals surface area (Å²) in [5.74, 6) is 0.0381. The number of sulfonamides is 1. The molecule has 0 heterocycles. The molecule has 0 unspecified atom stereocenters. The van der Waals surface area contributed by atoms with Gasteiger partial charge >= 0.3 is 0 Å². The number of carbonyl (C=O) groups is 1. The van der Waals surface area contributed by atoms with Crippen molar-refractivity contribution in [1.82, 2.24) is 0 Å². The fourth-order valence-corrected chi connectivity index (χ4v) is 5.37. The van der Waals surface area contributed by atoms with Gasteiger partial charge < -0.3 is 10.1 Å². The molecule has 0 aliphatic carbocycles. The summed E-state index contributed by atoms with van der Waals surface area (Å²) in [4.78, 5) is 12.8. The molecule has 1 N–H and O–H groups in total. The number of methoxy groups -OCH3 is 1. The number of para-hydroxylation sites is 1. The first-order chi connectivity index (χ1) is 14.7. The maximum atomic E-state index is 13.5. The van der Waals surface area contributed by atoms with Gasteiger partial charge in [-0.2, -0.15) is 0 Å². The lowest BCUT2D eigenvalue weighted by atomic mass is 10.2. The number of nitrogens with zero attached hydrogens (tertiary/aromatic N) is 1. The Bertz CT molecular complexity index is 1200. The Balaban J connectivity index is 1.98. The summed E-state index contributed by atoms with van der Waals surface area (Å²) in [6.45, 7) is 1.51. The third-order valence-electron chi connectivity index (χ3n) is 4.47. The van der Waals surface area contributed by atoms with Gasteiger partial charge in [0.15, 0.2) is 0 Å². The first-order valence-electron chi connectivity index (χ1n) is 9.19. The van der Waals surface area contributed by atoms with Crippen LogP contribution in [0.4, 0.5) is 11.4 Å². The van der Waals surface area contributed by atoms with E-state index >= 15 is 0 Å². The molecule has 6 nitrogen and oxygen atoms in total. The molecule has 0 radical (unpaired) electrons. The monoisotopic (exact) mass is 566 g/mol. The molecule has 0 saturated heterocycles. The van der Waals surface area contributed by atoms with Crippen LogP contribution in [0.15, 0.2) is 80.6 Å². The van der Waals surface area contributed by atoms with Crippen LogP contribution in [0.2, 0.25) is 0 Å². The second-order valence-electron chi connectivity index (χ2n) is 6.67. The van der Waals surface area contributed by atoms with Gasteiger partial charge in [0.05, 0.1) is 27.9 Å². The van der Waals surface area contributed by atoms with Gasteiger partial charge in [-0.1, -0.05) is 29.8 Å². The minimum atomic E-state index is -4.04. The van der Waals surface area contributed by atoms with E-state index in [4.69, 9.17) is 4.74 Å². The maximum Gasteiger partial charge on any atom is 0.264 e. The molecule has 31 heavy (non-hydrogen) atoms. The summed E-state index contributed by atoms with van der Waals surface area (Å²) >= 11 is 6.70. The molecule has 0 aliphatic rings. The summed E-state index contributed by atoms with van der Waals surface area (Å²) < 4.78 is 34.5. The second kappa shape index (κ2) is 9.84. The Morgan fingerprint density at radius 1 is 1.00 bits per heavy atom. The highest BCUT2D eigenvalue weighted by molar-refractivity contribution is 9.11. The van der Waals surface area contributed by atoms with Crippen LogP contribution < -0.4 is 14.4 Å². The number of hydrogen-bond acceptors (Lipinski definition) is 4. The van der Waals surface area contributed by atoms with E-state index in [1.54, 1.807) is 48.5 Å². The molecule has 9 heteroatoms. The zero-order valence-corrected chi connectivity index (χ0v) is 20.8. The summed E-state index contributed by atoms with van der Waals surface area (Å²) in [7, 11) is -2.54. The van der Waals surface area contributed by atoms with Crippen molar-refractivity contribution in [3.05, 3.63) is 81.2 Å². The van der Waals surface area contributed by atoms with E-state index in [9.17, 15) is 13.2 Å². The van der Waals surface area contributed by atoms with Crippen LogP contribution in [0.3, 0.4) is 0 Å². The number of anilines is 2. The minimum absolute atomic E-state index is 0.0365. The van der Waals surface area contributed by atoms with Crippen molar-refractivity contribution in [3.8, 4) is 5.75 Å². The minimum Gasteiger partial charge on any atom is -0.496 e. The fourth-order valence-electron chi connectivity index (χ4n) is 2.84. The highest BCUT2D eigenvalue weighted by atomic mass is 79.9. The topological polar surface area (TPSA) is 75.7 Å². The number of hydrogen-bond donors (Lipinski definition) is 1. The number of carbonyl (C=O) groups excluding carboxylic acids is 1. The van der Waals surface area contributed by atoms with E-state index in [1.165, 1.54) is 19.2 Å². The van der Waals surface area contributed by atoms with Gasteiger partial charge in [0, 0.05) is 4.47 Å². The van der Waals surface area contributed by atoms with E-state index in [2.05, 4.69) is 37.2 Å². The standard InChI is InChI=1S/C22H20Br2N2O4S/c1-15-7-9-16(10-8-15)26(14-22(27)25-20-6-4-3-5-18(20)23)31(28,29)17-11-12-21(30-2)19(24)13-17/h3-13H,14H2,1-2H3,(H,25,27). The predicted octanol–water partition coefficient (Wildman–Crippen LogP) is 5.36. The zero-order valence-electron chi connectivity index (χ0n) is 16.8. The number of halogens is 2. The van der Waals surface area contributed by atoms with Crippen LogP contribution in [0, 0.1) is 6.92 Å². The average Bonchev–Trinajstić information content (AvgIpc) is 2.74. The fraction of sp³-hybridized carbons (Fsp3) is 0.136. The van der Waals surface area contributed by atoms with Gasteiger partial charge in [0.1, 0.15) is 12.3 Å². The molecule has 0 aromatic heterocycles. The van der Waals surface area contributed by atoms with Crippen molar-refractivity contribution in [2.45, 2.75) is 11.8 Å². The molecule has 0 atom stereocenters. The highest BCUT2D eigenvalue weighted by Gasteiger charge is 2.28. The predicted molar refractivity (Wildman–Crippen MR) is 129 cm³/mol. The molecule has 3 aromatic carbocycles. The molecule has 0 spiro atoms. The smallest absolute Gasteiger partial charge is 0.264 e. The van der Waals surface area contributed by atoms with Crippen LogP contribution in [-0.4, -0.2) is 28.0 Å². The van der Waals surface area contributed by atoms with Crippen molar-refractivity contribution in [2.75, 3.05) is 23.3 Å². The first-order valence-corrected chi connectivity index (χ1v) is 12.2. The lowest BCUT2D eigenvalue weighted by molar-refractivity contribution is -0.114. The Morgan fingerprint density at radius 3 is 2.29 bits per heavy atom. The van der Waals surface area contributed by atoms with Gasteiger partial charge in [-0.25, -0.2) is 8.42 Å². The van der Waals surface area contributed by atoms with Gasteiger partial charge in [-0.05, 0) is 81.2 Å². The lowest BCUT2D eigenvalue weighted by Gasteiger charge is -2.24. The lowest BCUT2D eigenvalue weighted by Crippen LogP contribution is -2.38. The van der Waals surface area contributed by atoms with E-state index in [1.807, 2.05) is 13.0 Å². The number of amides is 1. The van der Waals surface area contributed by atoms with Gasteiger partial charge in [0.2, 0.25) is 5.91 Å². The van der Waals surface area contributed by atoms with Gasteiger partial charge in [0.25, 0.3) is 10.0 Å². The molecule has 0 bridgehead atoms. The summed E-state index contributed by atoms with van der Waals surface area (Å²) in [5.41, 5.74) is 1.92. The molecule has 3 aromatic rings. The number of rotatable bonds is 7. The van der Waals surface area contributed by atoms with Crippen molar-refractivity contribution in [2.24, 2.45) is 0 Å². The van der Waals surface area contributed by atoms with E-state index in [0.29, 0.717) is 26.1 Å². The third-order valence-corrected chi connectivity index (χ3v) is 7.55. The third kappa shape index (κ3) is 5.47. The van der Waals surface area contributed by atoms with Crippen LogP contribution in [0.25, 0.3) is 0 Å². The average molecular weight is 568 g/mol. The highest BCUT2D eigenvalue weighted by Crippen LogP contribution is 2.31. The Morgan fingerprint density at radius 2 is 1.68 bits per heavy atom. The largest absolute Gasteiger partial charge is 0.496 e. The molecule has 1 amide bonds. The number of ether oxygens (including phenoxy) is 1. The second-order valence-corrected chi connectivity index (χ2v) is 10.2. The number of benzene rings is 3. The molecular weight excluding hydrogens is 548 g/mol. The van der Waals surface area contributed by atoms with Gasteiger partial charge in [-0.3, -0.25) is 9.10 Å². The molecule has 162 valence electrons. The molecule has 0 aliphatic heterocycles. The van der Waals surface area contributed by atoms with E-state index < -0.39 is 22.5 Å². The Hall–Kier alpha value is -2.36. The van der Waals surface area contributed by atoms with Crippen molar-refractivity contribution < 1.29 is 17.9 Å². The van der Waals surface area contributed by atoms with Crippen LogP contribution in [0.5, 0.6) is 5.75 Å². The van der Waals surface area contributed by atoms with E-state index in [0.717, 1.165) is 9.87 Å². The van der Waals surface area contributed by atoms with Crippen molar-refractivity contribution in [1.29, 1.82) is 0 Å². The number of aryl methyl sites for hydroxylation is 1. The van der Waals surface area contributed by atoms with E-state index in [-0.39, 0.29) is 4.90 Å². The number of nitrogens with one attached hydrogen (secondary N) is 1. The van der Waals surface area contributed by atoms with Crippen LogP contribution in [-0.2, 0) is 14.8 Å². The van der Waals surface area contributed by atoms with Gasteiger partial charge in [-0.15, -0.1) is 0 Å². The molecule has 0 fully saturated rings. The van der Waals surface area contributed by atoms with Crippen LogP contribution >= 0.6 is 31.9 Å². The summed E-state index contributed by atoms with van der Waals surface area (Å²) in [6.07, 6.45) is 0. The van der Waals surface area contributed by atoms with Crippen molar-refractivity contribution >= 4 is 59.2 Å². The zero-order chi connectivity index (χ0) is 22.6. The normalized spacial score (nSPS) is 11.1. The Labute approximate surface area is 198 Å². The first kappa shape index (κ1) is 23.3. The quantitative estimate of drug-likeness (QED) is 0.417. The molecule has 3 rings (SSSR count). The summed E-state index contributed by atoms with van der Waals surface area (Å²) in [5, 5.41) is 2.75. The Kier molecular flexibility index (Phi) is 7.40. The molecular formula is C22H20Br2N2O4S. The van der Waals surface area contributed by atoms with Crippen LogP contribution in [0.1, 0.15) is 5.56 Å². The summed E-state index contributed by atoms with van der Waals surface area (Å²) in [6, 6.07) is 18.5. The van der Waals surface area contributed by atoms with Crippen molar-refractivity contribution in [3.63, 3.8) is 0 Å². The maximum absolute atomic E-state index is 13.5. The SMILES string of the molecule is COc1ccc(S(=O)(=O)N(CC(=O)Nc2ccccc2Br)c2ccc(C)cc2)cc1Br. The molecule has 0 saturated carbocycles.